The number of carboxylic acids is 1. The fourth-order valence-corrected chi connectivity index (χ4v) is 4.46. The number of nitrogens with zero attached hydrogens (tertiary/aromatic N) is 2. The van der Waals surface area contributed by atoms with Crippen LogP contribution >= 0.6 is 0 Å². The third kappa shape index (κ3) is 8.98. The van der Waals surface area contributed by atoms with E-state index in [0.717, 1.165) is 13.0 Å². The van der Waals surface area contributed by atoms with Crippen molar-refractivity contribution in [2.75, 3.05) is 26.2 Å². The second-order valence-corrected chi connectivity index (χ2v) is 9.03. The average molecular weight is 497 g/mol. The second-order valence-electron chi connectivity index (χ2n) is 9.03. The van der Waals surface area contributed by atoms with E-state index >= 15 is 0 Å². The number of likely N-dealkylation sites (tertiary alicyclic amines) is 1. The number of hydrogen-bond donors (Lipinski definition) is 7. The Labute approximate surface area is 205 Å². The Morgan fingerprint density at radius 3 is 2.34 bits per heavy atom. The summed E-state index contributed by atoms with van der Waals surface area (Å²) in [5.41, 5.74) is 16.2. The molecule has 0 saturated carbocycles. The Balaban J connectivity index is 2.07. The number of aliphatic imine (C=N–C) groups is 1. The Bertz CT molecular complexity index is 767. The van der Waals surface area contributed by atoms with Crippen molar-refractivity contribution in [3.8, 4) is 0 Å². The molecule has 0 aliphatic carbocycles. The predicted molar refractivity (Wildman–Crippen MR) is 130 cm³/mol. The minimum Gasteiger partial charge on any atom is -0.480 e. The van der Waals surface area contributed by atoms with Crippen LogP contribution in [0.15, 0.2) is 4.99 Å². The van der Waals surface area contributed by atoms with E-state index in [1.165, 1.54) is 4.90 Å². The molecule has 0 aromatic heterocycles. The van der Waals surface area contributed by atoms with Crippen LogP contribution in [0.3, 0.4) is 0 Å². The molecule has 4 atom stereocenters. The molecule has 0 aromatic rings. The number of aliphatic carboxylic acids is 1. The molecule has 2 aliphatic heterocycles. The molecule has 2 fully saturated rings. The van der Waals surface area contributed by atoms with Crippen LogP contribution in [-0.4, -0.2) is 90.0 Å². The van der Waals surface area contributed by atoms with Crippen LogP contribution in [0.25, 0.3) is 0 Å². The lowest BCUT2D eigenvalue weighted by Crippen LogP contribution is -2.56. The van der Waals surface area contributed by atoms with Gasteiger partial charge in [-0.25, -0.2) is 4.79 Å². The molecule has 2 saturated heterocycles. The molecule has 3 amide bonds. The predicted octanol–water partition coefficient (Wildman–Crippen LogP) is -2.03. The maximum atomic E-state index is 13.5. The van der Waals surface area contributed by atoms with Gasteiger partial charge in [0.1, 0.15) is 18.1 Å². The number of nitrogens with one attached hydrogen (secondary N) is 3. The number of rotatable bonds is 14. The first-order valence-electron chi connectivity index (χ1n) is 12.4. The quantitative estimate of drug-likeness (QED) is 0.0799. The van der Waals surface area contributed by atoms with Crippen molar-refractivity contribution in [2.24, 2.45) is 22.2 Å². The Hall–Kier alpha value is -2.93. The summed E-state index contributed by atoms with van der Waals surface area (Å²) in [6, 6.07) is -3.03. The minimum absolute atomic E-state index is 0.0530. The zero-order valence-electron chi connectivity index (χ0n) is 20.2. The standard InChI is InChI=1S/C22H40N8O5/c23-10-2-1-6-16(21(34)35)29-19(32)17-9-5-13-30(17)20(33)15(8-4-12-27-22(24)25)28-18(31)14-7-3-11-26-14/h14-17,26H,1-13,23H2,(H,28,31)(H,29,32)(H,34,35)(H4,24,25,27). The van der Waals surface area contributed by atoms with Crippen LogP contribution in [-0.2, 0) is 19.2 Å². The number of hydrogen-bond acceptors (Lipinski definition) is 7. The highest BCUT2D eigenvalue weighted by Crippen LogP contribution is 2.20. The molecule has 0 radical (unpaired) electrons. The molecule has 13 nitrogen and oxygen atoms in total. The van der Waals surface area contributed by atoms with E-state index < -0.39 is 30.0 Å². The molecular formula is C22H40N8O5. The number of carbonyl (C=O) groups excluding carboxylic acids is 3. The van der Waals surface area contributed by atoms with Crippen molar-refractivity contribution in [3.05, 3.63) is 0 Å². The Morgan fingerprint density at radius 2 is 1.71 bits per heavy atom. The molecule has 2 rings (SSSR count). The Morgan fingerprint density at radius 1 is 1.00 bits per heavy atom. The van der Waals surface area contributed by atoms with Gasteiger partial charge in [-0.05, 0) is 70.9 Å². The molecule has 2 aliphatic rings. The monoisotopic (exact) mass is 496 g/mol. The van der Waals surface area contributed by atoms with Crippen molar-refractivity contribution in [2.45, 2.75) is 82.0 Å². The summed E-state index contributed by atoms with van der Waals surface area (Å²) in [6.45, 7) is 1.84. The van der Waals surface area contributed by atoms with Gasteiger partial charge in [0, 0.05) is 13.1 Å². The van der Waals surface area contributed by atoms with Gasteiger partial charge in [0.25, 0.3) is 0 Å². The highest BCUT2D eigenvalue weighted by Gasteiger charge is 2.39. The zero-order valence-corrected chi connectivity index (χ0v) is 20.2. The third-order valence-corrected chi connectivity index (χ3v) is 6.34. The molecular weight excluding hydrogens is 456 g/mol. The first-order chi connectivity index (χ1) is 16.7. The number of amides is 3. The smallest absolute Gasteiger partial charge is 0.326 e. The largest absolute Gasteiger partial charge is 0.480 e. The van der Waals surface area contributed by atoms with Gasteiger partial charge in [-0.15, -0.1) is 0 Å². The van der Waals surface area contributed by atoms with E-state index in [1.54, 1.807) is 0 Å². The van der Waals surface area contributed by atoms with Crippen LogP contribution in [0.2, 0.25) is 0 Å². The maximum Gasteiger partial charge on any atom is 0.326 e. The number of carbonyl (C=O) groups is 4. The lowest BCUT2D eigenvalue weighted by molar-refractivity contribution is -0.145. The van der Waals surface area contributed by atoms with Crippen LogP contribution < -0.4 is 33.2 Å². The first-order valence-corrected chi connectivity index (χ1v) is 12.4. The second kappa shape index (κ2) is 14.5. The van der Waals surface area contributed by atoms with Crippen molar-refractivity contribution in [1.29, 1.82) is 0 Å². The number of nitrogens with two attached hydrogens (primary N) is 3. The van der Waals surface area contributed by atoms with Gasteiger partial charge < -0.3 is 43.2 Å². The molecule has 0 spiro atoms. The topological polar surface area (TPSA) is 218 Å². The minimum atomic E-state index is -1.12. The van der Waals surface area contributed by atoms with Gasteiger partial charge in [0.15, 0.2) is 5.96 Å². The van der Waals surface area contributed by atoms with E-state index in [-0.39, 0.29) is 30.2 Å². The van der Waals surface area contributed by atoms with Crippen molar-refractivity contribution < 1.29 is 24.3 Å². The molecule has 4 unspecified atom stereocenters. The highest BCUT2D eigenvalue weighted by molar-refractivity contribution is 5.94. The summed E-state index contributed by atoms with van der Waals surface area (Å²) in [4.78, 5) is 56.1. The molecule has 0 bridgehead atoms. The number of guanidine groups is 1. The summed E-state index contributed by atoms with van der Waals surface area (Å²) in [5, 5.41) is 18.0. The maximum absolute atomic E-state index is 13.5. The summed E-state index contributed by atoms with van der Waals surface area (Å²) in [7, 11) is 0. The summed E-state index contributed by atoms with van der Waals surface area (Å²) >= 11 is 0. The van der Waals surface area contributed by atoms with Crippen LogP contribution in [0.5, 0.6) is 0 Å². The molecule has 2 heterocycles. The van der Waals surface area contributed by atoms with Crippen molar-refractivity contribution in [1.82, 2.24) is 20.9 Å². The summed E-state index contributed by atoms with van der Waals surface area (Å²) < 4.78 is 0. The first kappa shape index (κ1) is 28.3. The van der Waals surface area contributed by atoms with Gasteiger partial charge in [-0.3, -0.25) is 19.4 Å². The highest BCUT2D eigenvalue weighted by atomic mass is 16.4. The lowest BCUT2D eigenvalue weighted by Gasteiger charge is -2.30. The molecule has 13 heteroatoms. The fraction of sp³-hybridized carbons (Fsp3) is 0.773. The van der Waals surface area contributed by atoms with Gasteiger partial charge in [0.2, 0.25) is 17.7 Å². The molecule has 0 aromatic carbocycles. The summed E-state index contributed by atoms with van der Waals surface area (Å²) in [6.07, 6.45) is 4.85. The molecule has 10 N–H and O–H groups in total. The molecule has 35 heavy (non-hydrogen) atoms. The number of carboxylic acid groups (broad SMARTS) is 1. The van der Waals surface area contributed by atoms with Crippen molar-refractivity contribution in [3.63, 3.8) is 0 Å². The number of unbranched alkanes of at least 4 members (excludes halogenated alkanes) is 1. The van der Waals surface area contributed by atoms with Crippen LogP contribution in [0.4, 0.5) is 0 Å². The zero-order chi connectivity index (χ0) is 25.8. The van der Waals surface area contributed by atoms with E-state index in [1.807, 2.05) is 0 Å². The van der Waals surface area contributed by atoms with Gasteiger partial charge in [-0.2, -0.15) is 0 Å². The van der Waals surface area contributed by atoms with Crippen LogP contribution in [0.1, 0.15) is 57.8 Å². The summed E-state index contributed by atoms with van der Waals surface area (Å²) in [5.74, 6) is -2.30. The third-order valence-electron chi connectivity index (χ3n) is 6.34. The fourth-order valence-electron chi connectivity index (χ4n) is 4.46. The van der Waals surface area contributed by atoms with E-state index in [0.29, 0.717) is 64.6 Å². The van der Waals surface area contributed by atoms with Crippen molar-refractivity contribution >= 4 is 29.7 Å². The molecule has 198 valence electrons. The normalized spacial score (nSPS) is 21.2. The average Bonchev–Trinajstić information content (AvgIpc) is 3.52. The van der Waals surface area contributed by atoms with E-state index in [2.05, 4.69) is 20.9 Å². The van der Waals surface area contributed by atoms with Gasteiger partial charge >= 0.3 is 5.97 Å². The Kier molecular flexibility index (Phi) is 11.7. The lowest BCUT2D eigenvalue weighted by atomic mass is 10.1. The van der Waals surface area contributed by atoms with E-state index in [4.69, 9.17) is 17.2 Å². The van der Waals surface area contributed by atoms with Gasteiger partial charge in [-0.1, -0.05) is 0 Å². The van der Waals surface area contributed by atoms with Gasteiger partial charge in [0.05, 0.1) is 6.04 Å². The SMILES string of the molecule is NCCCCC(NC(=O)C1CCCN1C(=O)C(CCCN=C(N)N)NC(=O)C1CCCN1)C(=O)O. The van der Waals surface area contributed by atoms with Crippen LogP contribution in [0, 0.1) is 0 Å². The van der Waals surface area contributed by atoms with E-state index in [9.17, 15) is 24.3 Å².